The molecule has 10 heteroatoms. The number of ether oxygens (including phenoxy) is 3. The maximum absolute atomic E-state index is 13.1. The smallest absolute Gasteiger partial charge is 0.264 e. The van der Waals surface area contributed by atoms with Crippen LogP contribution in [0, 0.1) is 6.92 Å². The first kappa shape index (κ1) is 26.5. The molecule has 37 heavy (non-hydrogen) atoms. The normalized spacial score (nSPS) is 17.4. The zero-order chi connectivity index (χ0) is 26.4. The Labute approximate surface area is 217 Å². The average molecular weight is 526 g/mol. The number of aryl methyl sites for hydroxylation is 1. The number of guanidine groups is 1. The predicted molar refractivity (Wildman–Crippen MR) is 140 cm³/mol. The van der Waals surface area contributed by atoms with Gasteiger partial charge >= 0.3 is 0 Å². The van der Waals surface area contributed by atoms with E-state index in [0.717, 1.165) is 22.4 Å². The molecule has 2 N–H and O–H groups in total. The largest absolute Gasteiger partial charge is 0.497 e. The van der Waals surface area contributed by atoms with Crippen molar-refractivity contribution in [2.45, 2.75) is 37.1 Å². The standard InChI is InChI=1S/C27H31N3O6S/c1-19-4-14-24(15-5-19)37(32,33)29-27-28-25(16-20-6-10-22(35-3)11-7-20)26(31)30(27)17-21-8-12-23(13-9-21)36-18-34-2/h4-15,25-26,31H,16-18H2,1-3H3,(H,28,29). The van der Waals surface area contributed by atoms with Crippen LogP contribution in [-0.4, -0.2) is 57.7 Å². The van der Waals surface area contributed by atoms with E-state index in [1.807, 2.05) is 43.3 Å². The van der Waals surface area contributed by atoms with Crippen LogP contribution in [0.15, 0.2) is 82.7 Å². The number of aliphatic hydroxyl groups excluding tert-OH is 1. The maximum Gasteiger partial charge on any atom is 0.264 e. The van der Waals surface area contributed by atoms with Crippen molar-refractivity contribution < 1.29 is 27.7 Å². The van der Waals surface area contributed by atoms with E-state index in [2.05, 4.69) is 9.71 Å². The fraction of sp³-hybridized carbons (Fsp3) is 0.296. The summed E-state index contributed by atoms with van der Waals surface area (Å²) in [5.41, 5.74) is 2.73. The monoisotopic (exact) mass is 525 g/mol. The fourth-order valence-electron chi connectivity index (χ4n) is 3.95. The lowest BCUT2D eigenvalue weighted by atomic mass is 10.0. The quantitative estimate of drug-likeness (QED) is 0.392. The fourth-order valence-corrected chi connectivity index (χ4v) is 4.97. The summed E-state index contributed by atoms with van der Waals surface area (Å²) in [7, 11) is -0.772. The summed E-state index contributed by atoms with van der Waals surface area (Å²) in [6, 6.07) is 20.7. The van der Waals surface area contributed by atoms with Gasteiger partial charge in [0, 0.05) is 13.7 Å². The van der Waals surface area contributed by atoms with Crippen molar-refractivity contribution in [2.24, 2.45) is 4.99 Å². The van der Waals surface area contributed by atoms with E-state index in [0.29, 0.717) is 12.2 Å². The highest BCUT2D eigenvalue weighted by atomic mass is 32.2. The van der Waals surface area contributed by atoms with Gasteiger partial charge in [0.1, 0.15) is 17.5 Å². The molecule has 0 radical (unpaired) electrons. The van der Waals surface area contributed by atoms with Crippen LogP contribution in [0.4, 0.5) is 0 Å². The number of aliphatic hydroxyl groups is 1. The Morgan fingerprint density at radius 2 is 1.54 bits per heavy atom. The van der Waals surface area contributed by atoms with Crippen molar-refractivity contribution in [3.05, 3.63) is 89.5 Å². The first-order valence-corrected chi connectivity index (χ1v) is 13.2. The lowest BCUT2D eigenvalue weighted by Crippen LogP contribution is -2.46. The van der Waals surface area contributed by atoms with Gasteiger partial charge < -0.3 is 24.2 Å². The van der Waals surface area contributed by atoms with Crippen LogP contribution >= 0.6 is 0 Å². The highest BCUT2D eigenvalue weighted by Crippen LogP contribution is 2.24. The zero-order valence-corrected chi connectivity index (χ0v) is 21.8. The Balaban J connectivity index is 1.58. The number of nitrogens with zero attached hydrogens (tertiary/aromatic N) is 2. The minimum atomic E-state index is -3.92. The lowest BCUT2D eigenvalue weighted by molar-refractivity contribution is 0.0422. The van der Waals surface area contributed by atoms with Gasteiger partial charge in [-0.1, -0.05) is 42.0 Å². The molecule has 0 fully saturated rings. The van der Waals surface area contributed by atoms with Gasteiger partial charge in [-0.05, 0) is 60.9 Å². The SMILES string of the molecule is COCOc1ccc(CN2C(NS(=O)(=O)c3ccc(C)cc3)=NC(Cc3ccc(OC)cc3)C2O)cc1. The predicted octanol–water partition coefficient (Wildman–Crippen LogP) is 3.07. The van der Waals surface area contributed by atoms with Crippen LogP contribution in [-0.2, 0) is 27.7 Å². The van der Waals surface area contributed by atoms with E-state index in [4.69, 9.17) is 14.2 Å². The Morgan fingerprint density at radius 3 is 2.16 bits per heavy atom. The Kier molecular flexibility index (Phi) is 8.32. The zero-order valence-electron chi connectivity index (χ0n) is 21.0. The molecule has 1 aliphatic rings. The molecule has 0 saturated carbocycles. The number of hydrogen-bond acceptors (Lipinski definition) is 8. The first-order valence-electron chi connectivity index (χ1n) is 11.7. The summed E-state index contributed by atoms with van der Waals surface area (Å²) in [4.78, 5) is 6.28. The van der Waals surface area contributed by atoms with Crippen molar-refractivity contribution in [3.8, 4) is 11.5 Å². The van der Waals surface area contributed by atoms with Gasteiger partial charge in [-0.3, -0.25) is 0 Å². The molecule has 0 spiro atoms. The summed E-state index contributed by atoms with van der Waals surface area (Å²) in [6.07, 6.45) is -0.622. The van der Waals surface area contributed by atoms with Gasteiger partial charge in [-0.15, -0.1) is 0 Å². The number of rotatable bonds is 10. The third kappa shape index (κ3) is 6.59. The van der Waals surface area contributed by atoms with E-state index < -0.39 is 22.3 Å². The number of hydrogen-bond donors (Lipinski definition) is 2. The molecular weight excluding hydrogens is 494 g/mol. The van der Waals surface area contributed by atoms with Crippen LogP contribution in [0.5, 0.6) is 11.5 Å². The van der Waals surface area contributed by atoms with E-state index in [-0.39, 0.29) is 24.2 Å². The highest BCUT2D eigenvalue weighted by Gasteiger charge is 2.37. The maximum atomic E-state index is 13.1. The second-order valence-electron chi connectivity index (χ2n) is 8.73. The van der Waals surface area contributed by atoms with Gasteiger partial charge in [0.25, 0.3) is 10.0 Å². The number of nitrogens with one attached hydrogen (secondary N) is 1. The molecular formula is C27H31N3O6S. The van der Waals surface area contributed by atoms with Crippen LogP contribution in [0.2, 0.25) is 0 Å². The molecule has 3 aromatic carbocycles. The molecule has 9 nitrogen and oxygen atoms in total. The average Bonchev–Trinajstić information content (AvgIpc) is 3.17. The molecule has 196 valence electrons. The molecule has 2 atom stereocenters. The summed E-state index contributed by atoms with van der Waals surface area (Å²) in [5.74, 6) is 1.45. The summed E-state index contributed by atoms with van der Waals surface area (Å²) < 4.78 is 44.5. The van der Waals surface area contributed by atoms with E-state index in [9.17, 15) is 13.5 Å². The number of methoxy groups -OCH3 is 2. The van der Waals surface area contributed by atoms with Crippen LogP contribution in [0.25, 0.3) is 0 Å². The minimum absolute atomic E-state index is 0.0892. The molecule has 1 aliphatic heterocycles. The molecule has 0 aromatic heterocycles. The molecule has 4 rings (SSSR count). The number of aliphatic imine (C=N–C) groups is 1. The van der Waals surface area contributed by atoms with E-state index in [1.165, 1.54) is 0 Å². The van der Waals surface area contributed by atoms with Crippen molar-refractivity contribution in [3.63, 3.8) is 0 Å². The van der Waals surface area contributed by atoms with E-state index >= 15 is 0 Å². The Morgan fingerprint density at radius 1 is 0.919 bits per heavy atom. The topological polar surface area (TPSA) is 110 Å². The molecule has 3 aromatic rings. The van der Waals surface area contributed by atoms with Gasteiger partial charge in [0.05, 0.1) is 12.0 Å². The summed E-state index contributed by atoms with van der Waals surface area (Å²) in [5, 5.41) is 11.2. The van der Waals surface area contributed by atoms with Crippen LogP contribution in [0.3, 0.4) is 0 Å². The summed E-state index contributed by atoms with van der Waals surface area (Å²) in [6.45, 7) is 2.26. The second-order valence-corrected chi connectivity index (χ2v) is 10.4. The van der Waals surface area contributed by atoms with Crippen molar-refractivity contribution in [1.29, 1.82) is 0 Å². The third-order valence-corrected chi connectivity index (χ3v) is 7.35. The summed E-state index contributed by atoms with van der Waals surface area (Å²) >= 11 is 0. The highest BCUT2D eigenvalue weighted by molar-refractivity contribution is 7.90. The van der Waals surface area contributed by atoms with Gasteiger partial charge in [0.15, 0.2) is 13.0 Å². The van der Waals surface area contributed by atoms with Gasteiger partial charge in [-0.25, -0.2) is 18.1 Å². The number of sulfonamides is 1. The molecule has 0 amide bonds. The van der Waals surface area contributed by atoms with Crippen molar-refractivity contribution >= 4 is 16.0 Å². The van der Waals surface area contributed by atoms with E-state index in [1.54, 1.807) is 55.5 Å². The lowest BCUT2D eigenvalue weighted by Gasteiger charge is -2.27. The minimum Gasteiger partial charge on any atom is -0.497 e. The molecule has 0 bridgehead atoms. The molecule has 2 unspecified atom stereocenters. The first-order chi connectivity index (χ1) is 17.8. The van der Waals surface area contributed by atoms with Crippen molar-refractivity contribution in [1.82, 2.24) is 9.62 Å². The third-order valence-electron chi connectivity index (χ3n) is 6.00. The number of benzene rings is 3. The molecule has 0 aliphatic carbocycles. The van der Waals surface area contributed by atoms with Crippen molar-refractivity contribution in [2.75, 3.05) is 21.0 Å². The Bertz CT molecular complexity index is 1310. The van der Waals surface area contributed by atoms with Crippen LogP contribution in [0.1, 0.15) is 16.7 Å². The van der Waals surface area contributed by atoms with Crippen LogP contribution < -0.4 is 14.2 Å². The molecule has 1 heterocycles. The van der Waals surface area contributed by atoms with Gasteiger partial charge in [0.2, 0.25) is 5.96 Å². The van der Waals surface area contributed by atoms with Gasteiger partial charge in [-0.2, -0.15) is 0 Å². The Hall–Kier alpha value is -3.60. The second kappa shape index (κ2) is 11.6. The molecule has 0 saturated heterocycles.